The normalized spacial score (nSPS) is 17.8. The molecule has 1 fully saturated rings. The van der Waals surface area contributed by atoms with Crippen molar-refractivity contribution in [3.8, 4) is 0 Å². The van der Waals surface area contributed by atoms with Gasteiger partial charge in [0, 0.05) is 19.4 Å². The van der Waals surface area contributed by atoms with Crippen LogP contribution in [-0.2, 0) is 11.3 Å². The Hall–Kier alpha value is -0.910. The van der Waals surface area contributed by atoms with Crippen molar-refractivity contribution in [2.75, 3.05) is 13.6 Å². The lowest BCUT2D eigenvalue weighted by molar-refractivity contribution is -0.133. The van der Waals surface area contributed by atoms with Crippen LogP contribution in [0.5, 0.6) is 0 Å². The zero-order valence-corrected chi connectivity index (χ0v) is 12.5. The van der Waals surface area contributed by atoms with E-state index >= 15 is 0 Å². The van der Waals surface area contributed by atoms with Gasteiger partial charge in [0.2, 0.25) is 5.91 Å². The summed E-state index contributed by atoms with van der Waals surface area (Å²) < 4.78 is 0. The Morgan fingerprint density at radius 2 is 2.21 bits per heavy atom. The number of aromatic nitrogens is 2. The second-order valence-electron chi connectivity index (χ2n) is 4.39. The lowest BCUT2D eigenvalue weighted by Crippen LogP contribution is -2.47. The summed E-state index contributed by atoms with van der Waals surface area (Å²) in [5.74, 6) is 0.148. The number of carbonyl (C=O) groups is 1. The van der Waals surface area contributed by atoms with Gasteiger partial charge >= 0.3 is 0 Å². The molecule has 0 radical (unpaired) electrons. The third-order valence-electron chi connectivity index (χ3n) is 3.00. The molecule has 0 aliphatic carbocycles. The maximum Gasteiger partial charge on any atom is 0.239 e. The number of rotatable bonds is 3. The van der Waals surface area contributed by atoms with Crippen LogP contribution < -0.4 is 5.32 Å². The Balaban J connectivity index is 0.00000162. The van der Waals surface area contributed by atoms with Crippen LogP contribution in [0.25, 0.3) is 0 Å². The zero-order chi connectivity index (χ0) is 12.1. The van der Waals surface area contributed by atoms with E-state index in [9.17, 15) is 4.79 Å². The van der Waals surface area contributed by atoms with E-state index in [0.717, 1.165) is 31.5 Å². The summed E-state index contributed by atoms with van der Waals surface area (Å²) in [5, 5.41) is 3.26. The minimum atomic E-state index is -0.0228. The zero-order valence-electron chi connectivity index (χ0n) is 10.9. The average molecular weight is 307 g/mol. The molecule has 1 saturated heterocycles. The van der Waals surface area contributed by atoms with Gasteiger partial charge < -0.3 is 10.2 Å². The maximum atomic E-state index is 12.1. The fraction of sp³-hybridized carbons (Fsp3) is 0.583. The molecule has 1 aromatic heterocycles. The van der Waals surface area contributed by atoms with Gasteiger partial charge in [-0.15, -0.1) is 24.8 Å². The quantitative estimate of drug-likeness (QED) is 0.917. The molecule has 0 unspecified atom stereocenters. The Morgan fingerprint density at radius 1 is 1.42 bits per heavy atom. The summed E-state index contributed by atoms with van der Waals surface area (Å²) in [6.45, 7) is 1.46. The Kier molecular flexibility index (Phi) is 8.63. The number of nitrogens with one attached hydrogen (secondary N) is 1. The molecule has 1 N–H and O–H groups in total. The van der Waals surface area contributed by atoms with E-state index < -0.39 is 0 Å². The van der Waals surface area contributed by atoms with E-state index in [-0.39, 0.29) is 36.8 Å². The molecule has 19 heavy (non-hydrogen) atoms. The molecule has 1 aliphatic heterocycles. The number of hydrogen-bond donors (Lipinski definition) is 1. The van der Waals surface area contributed by atoms with Gasteiger partial charge in [-0.3, -0.25) is 14.8 Å². The highest BCUT2D eigenvalue weighted by Gasteiger charge is 2.23. The number of halogens is 2. The molecule has 0 saturated carbocycles. The maximum absolute atomic E-state index is 12.1. The van der Waals surface area contributed by atoms with Gasteiger partial charge in [-0.1, -0.05) is 6.42 Å². The number of carbonyl (C=O) groups excluding carboxylic acids is 1. The summed E-state index contributed by atoms with van der Waals surface area (Å²) >= 11 is 0. The van der Waals surface area contributed by atoms with Gasteiger partial charge in [-0.25, -0.2) is 0 Å². The number of nitrogens with zero attached hydrogens (tertiary/aromatic N) is 3. The van der Waals surface area contributed by atoms with E-state index in [2.05, 4.69) is 15.3 Å². The second-order valence-corrected chi connectivity index (χ2v) is 4.39. The van der Waals surface area contributed by atoms with Crippen LogP contribution in [0.1, 0.15) is 25.0 Å². The van der Waals surface area contributed by atoms with E-state index in [1.807, 2.05) is 7.05 Å². The van der Waals surface area contributed by atoms with Crippen LogP contribution in [0, 0.1) is 0 Å². The fourth-order valence-electron chi connectivity index (χ4n) is 2.06. The number of amides is 1. The first-order chi connectivity index (χ1) is 8.27. The predicted octanol–water partition coefficient (Wildman–Crippen LogP) is 1.42. The van der Waals surface area contributed by atoms with Crippen LogP contribution >= 0.6 is 24.8 Å². The summed E-state index contributed by atoms with van der Waals surface area (Å²) in [4.78, 5) is 22.0. The van der Waals surface area contributed by atoms with Crippen LogP contribution in [0.2, 0.25) is 0 Å². The predicted molar refractivity (Wildman–Crippen MR) is 78.6 cm³/mol. The standard InChI is InChI=1S/C12H18N4O.2ClH/c1-16(9-10-8-13-6-7-14-10)12(17)11-4-2-3-5-15-11;;/h6-8,11,15H,2-5,9H2,1H3;2*1H/t11-;;/m1../s1. The van der Waals surface area contributed by atoms with Crippen molar-refractivity contribution in [1.82, 2.24) is 20.2 Å². The molecule has 0 spiro atoms. The molecule has 2 rings (SSSR count). The van der Waals surface area contributed by atoms with Crippen molar-refractivity contribution >= 4 is 30.7 Å². The first kappa shape index (κ1) is 18.1. The highest BCUT2D eigenvalue weighted by molar-refractivity contribution is 5.85. The summed E-state index contributed by atoms with van der Waals surface area (Å²) in [5.41, 5.74) is 0.819. The van der Waals surface area contributed by atoms with Crippen LogP contribution in [0.15, 0.2) is 18.6 Å². The molecule has 1 amide bonds. The molecule has 0 bridgehead atoms. The Labute approximate surface area is 126 Å². The highest BCUT2D eigenvalue weighted by atomic mass is 35.5. The lowest BCUT2D eigenvalue weighted by atomic mass is 10.0. The third kappa shape index (κ3) is 5.30. The fourth-order valence-corrected chi connectivity index (χ4v) is 2.06. The van der Waals surface area contributed by atoms with Gasteiger partial charge in [0.05, 0.1) is 24.5 Å². The lowest BCUT2D eigenvalue weighted by Gasteiger charge is -2.27. The van der Waals surface area contributed by atoms with E-state index in [4.69, 9.17) is 0 Å². The van der Waals surface area contributed by atoms with Crippen molar-refractivity contribution < 1.29 is 4.79 Å². The Bertz CT molecular complexity index is 371. The first-order valence-electron chi connectivity index (χ1n) is 6.00. The van der Waals surface area contributed by atoms with Gasteiger partial charge in [0.1, 0.15) is 0 Å². The second kappa shape index (κ2) is 9.07. The van der Waals surface area contributed by atoms with Crippen molar-refractivity contribution in [2.24, 2.45) is 0 Å². The summed E-state index contributed by atoms with van der Waals surface area (Å²) in [6.07, 6.45) is 8.20. The average Bonchev–Trinajstić information content (AvgIpc) is 2.40. The molecular formula is C12H20Cl2N4O. The van der Waals surface area contributed by atoms with E-state index in [0.29, 0.717) is 6.54 Å². The van der Waals surface area contributed by atoms with Crippen molar-refractivity contribution in [3.63, 3.8) is 0 Å². The van der Waals surface area contributed by atoms with E-state index in [1.165, 1.54) is 0 Å². The van der Waals surface area contributed by atoms with Gasteiger partial charge in [-0.2, -0.15) is 0 Å². The van der Waals surface area contributed by atoms with Crippen LogP contribution in [0.3, 0.4) is 0 Å². The number of likely N-dealkylation sites (N-methyl/N-ethyl adjacent to an activating group) is 1. The largest absolute Gasteiger partial charge is 0.338 e. The molecule has 1 aromatic rings. The SMILES string of the molecule is CN(Cc1cnccn1)C(=O)[C@H]1CCCCN1.Cl.Cl. The van der Waals surface area contributed by atoms with Gasteiger partial charge in [-0.05, 0) is 19.4 Å². The topological polar surface area (TPSA) is 58.1 Å². The molecule has 5 nitrogen and oxygen atoms in total. The van der Waals surface area contributed by atoms with Crippen molar-refractivity contribution in [2.45, 2.75) is 31.8 Å². The van der Waals surface area contributed by atoms with Gasteiger partial charge in [0.15, 0.2) is 0 Å². The minimum absolute atomic E-state index is 0. The summed E-state index contributed by atoms with van der Waals surface area (Å²) in [6, 6.07) is -0.0228. The third-order valence-corrected chi connectivity index (χ3v) is 3.00. The smallest absolute Gasteiger partial charge is 0.239 e. The number of hydrogen-bond acceptors (Lipinski definition) is 4. The Morgan fingerprint density at radius 3 is 2.79 bits per heavy atom. The van der Waals surface area contributed by atoms with Crippen LogP contribution in [0.4, 0.5) is 0 Å². The molecule has 108 valence electrons. The van der Waals surface area contributed by atoms with Crippen molar-refractivity contribution in [3.05, 3.63) is 24.3 Å². The molecule has 1 aliphatic rings. The monoisotopic (exact) mass is 306 g/mol. The van der Waals surface area contributed by atoms with Gasteiger partial charge in [0.25, 0.3) is 0 Å². The van der Waals surface area contributed by atoms with E-state index in [1.54, 1.807) is 23.5 Å². The first-order valence-corrected chi connectivity index (χ1v) is 6.00. The molecular weight excluding hydrogens is 287 g/mol. The molecule has 7 heteroatoms. The summed E-state index contributed by atoms with van der Waals surface area (Å²) in [7, 11) is 1.81. The number of piperidine rings is 1. The van der Waals surface area contributed by atoms with Crippen LogP contribution in [-0.4, -0.2) is 40.4 Å². The van der Waals surface area contributed by atoms with Crippen molar-refractivity contribution in [1.29, 1.82) is 0 Å². The molecule has 0 aromatic carbocycles. The molecule has 2 heterocycles. The minimum Gasteiger partial charge on any atom is -0.338 e. The molecule has 1 atom stereocenters. The highest BCUT2D eigenvalue weighted by Crippen LogP contribution is 2.10.